The predicted octanol–water partition coefficient (Wildman–Crippen LogP) is 2.62. The van der Waals surface area contributed by atoms with E-state index >= 15 is 0 Å². The summed E-state index contributed by atoms with van der Waals surface area (Å²) in [5.41, 5.74) is 1.92. The molecular weight excluding hydrogens is 310 g/mol. The quantitative estimate of drug-likeness (QED) is 0.747. The van der Waals surface area contributed by atoms with Crippen LogP contribution in [0.1, 0.15) is 15.9 Å². The molecule has 2 aromatic carbocycles. The van der Waals surface area contributed by atoms with Gasteiger partial charge in [-0.1, -0.05) is 18.2 Å². The van der Waals surface area contributed by atoms with Crippen LogP contribution in [0.15, 0.2) is 59.3 Å². The summed E-state index contributed by atoms with van der Waals surface area (Å²) in [5, 5.41) is 19.3. The van der Waals surface area contributed by atoms with Crippen molar-refractivity contribution in [3.63, 3.8) is 0 Å². The Balaban J connectivity index is 1.68. The summed E-state index contributed by atoms with van der Waals surface area (Å²) in [6, 6.07) is 13.3. The number of carboxylic acid groups (broad SMARTS) is 1. The number of carbonyl (C=O) groups excluding carboxylic acids is 1. The fourth-order valence-corrected chi connectivity index (χ4v) is 2.26. The van der Waals surface area contributed by atoms with Crippen molar-refractivity contribution in [2.24, 2.45) is 0 Å². The molecule has 120 valence electrons. The second-order valence-corrected chi connectivity index (χ2v) is 5.01. The number of carbonyl (C=O) groups is 2. The molecule has 0 radical (unpaired) electrons. The number of hydrogen-bond donors (Lipinski definition) is 2. The van der Waals surface area contributed by atoms with Crippen LogP contribution in [0.5, 0.6) is 0 Å². The molecule has 0 saturated carbocycles. The molecule has 7 heteroatoms. The third-order valence-electron chi connectivity index (χ3n) is 3.37. The molecule has 0 atom stereocenters. The van der Waals surface area contributed by atoms with E-state index in [1.807, 2.05) is 0 Å². The van der Waals surface area contributed by atoms with Crippen LogP contribution in [0.2, 0.25) is 0 Å². The van der Waals surface area contributed by atoms with E-state index in [4.69, 9.17) is 9.52 Å². The van der Waals surface area contributed by atoms with Crippen LogP contribution in [0.25, 0.3) is 11.5 Å². The summed E-state index contributed by atoms with van der Waals surface area (Å²) in [5.74, 6) is -0.959. The normalized spacial score (nSPS) is 10.3. The standard InChI is InChI=1S/C17H13N3O4/c21-15(9-12-3-1-2-4-14(12)17(22)23)19-13-7-5-11(6-8-13)16-20-18-10-24-16/h1-8,10H,9H2,(H,19,21)(H,22,23). The molecule has 7 nitrogen and oxygen atoms in total. The summed E-state index contributed by atoms with van der Waals surface area (Å²) in [4.78, 5) is 23.3. The number of rotatable bonds is 5. The average Bonchev–Trinajstić information content (AvgIpc) is 3.10. The molecule has 0 spiro atoms. The molecule has 1 aromatic heterocycles. The molecule has 3 rings (SSSR count). The number of aromatic carboxylic acids is 1. The highest BCUT2D eigenvalue weighted by molar-refractivity contribution is 5.96. The van der Waals surface area contributed by atoms with Gasteiger partial charge in [-0.2, -0.15) is 0 Å². The van der Waals surface area contributed by atoms with Gasteiger partial charge in [0.05, 0.1) is 12.0 Å². The smallest absolute Gasteiger partial charge is 0.335 e. The van der Waals surface area contributed by atoms with Gasteiger partial charge in [-0.25, -0.2) is 4.79 Å². The second-order valence-electron chi connectivity index (χ2n) is 5.01. The van der Waals surface area contributed by atoms with E-state index in [0.717, 1.165) is 5.56 Å². The third kappa shape index (κ3) is 3.46. The molecule has 24 heavy (non-hydrogen) atoms. The predicted molar refractivity (Wildman–Crippen MR) is 85.5 cm³/mol. The van der Waals surface area contributed by atoms with Gasteiger partial charge < -0.3 is 14.8 Å². The van der Waals surface area contributed by atoms with Gasteiger partial charge in [0.2, 0.25) is 18.2 Å². The molecule has 1 amide bonds. The summed E-state index contributed by atoms with van der Waals surface area (Å²) in [6.07, 6.45) is 1.22. The topological polar surface area (TPSA) is 105 Å². The number of anilines is 1. The van der Waals surface area contributed by atoms with Gasteiger partial charge in [-0.05, 0) is 35.9 Å². The minimum Gasteiger partial charge on any atom is -0.478 e. The Kier molecular flexibility index (Phi) is 4.33. The third-order valence-corrected chi connectivity index (χ3v) is 3.37. The zero-order valence-electron chi connectivity index (χ0n) is 12.5. The number of nitrogens with zero attached hydrogens (tertiary/aromatic N) is 2. The summed E-state index contributed by atoms with van der Waals surface area (Å²) in [6.45, 7) is 0. The minimum absolute atomic E-state index is 0.0200. The van der Waals surface area contributed by atoms with Gasteiger partial charge in [-0.15, -0.1) is 10.2 Å². The van der Waals surface area contributed by atoms with Crippen LogP contribution in [-0.2, 0) is 11.2 Å². The SMILES string of the molecule is O=C(Cc1ccccc1C(=O)O)Nc1ccc(-c2nnco2)cc1. The molecule has 0 fully saturated rings. The Labute approximate surface area is 137 Å². The van der Waals surface area contributed by atoms with E-state index in [-0.39, 0.29) is 17.9 Å². The van der Waals surface area contributed by atoms with E-state index in [9.17, 15) is 9.59 Å². The molecule has 0 aliphatic heterocycles. The Morgan fingerprint density at radius 3 is 2.50 bits per heavy atom. The molecular formula is C17H13N3O4. The van der Waals surface area contributed by atoms with E-state index in [1.54, 1.807) is 42.5 Å². The number of amides is 1. The monoisotopic (exact) mass is 323 g/mol. The van der Waals surface area contributed by atoms with Crippen LogP contribution in [0.3, 0.4) is 0 Å². The van der Waals surface area contributed by atoms with Gasteiger partial charge >= 0.3 is 5.97 Å². The highest BCUT2D eigenvalue weighted by Gasteiger charge is 2.12. The van der Waals surface area contributed by atoms with Gasteiger partial charge in [-0.3, -0.25) is 4.79 Å². The Morgan fingerprint density at radius 2 is 1.83 bits per heavy atom. The van der Waals surface area contributed by atoms with E-state index in [1.165, 1.54) is 12.5 Å². The van der Waals surface area contributed by atoms with Crippen molar-refractivity contribution in [3.05, 3.63) is 66.1 Å². The second kappa shape index (κ2) is 6.74. The molecule has 0 unspecified atom stereocenters. The largest absolute Gasteiger partial charge is 0.478 e. The lowest BCUT2D eigenvalue weighted by molar-refractivity contribution is -0.115. The fourth-order valence-electron chi connectivity index (χ4n) is 2.26. The Bertz CT molecular complexity index is 858. The van der Waals surface area contributed by atoms with Crippen molar-refractivity contribution < 1.29 is 19.1 Å². The number of benzene rings is 2. The molecule has 0 bridgehead atoms. The number of hydrogen-bond acceptors (Lipinski definition) is 5. The highest BCUT2D eigenvalue weighted by Crippen LogP contribution is 2.19. The Morgan fingerprint density at radius 1 is 1.08 bits per heavy atom. The lowest BCUT2D eigenvalue weighted by atomic mass is 10.0. The number of aromatic nitrogens is 2. The first-order chi connectivity index (χ1) is 11.6. The van der Waals surface area contributed by atoms with Crippen LogP contribution in [0.4, 0.5) is 5.69 Å². The maximum Gasteiger partial charge on any atom is 0.335 e. The van der Waals surface area contributed by atoms with Crippen molar-refractivity contribution in [2.75, 3.05) is 5.32 Å². The van der Waals surface area contributed by atoms with E-state index in [0.29, 0.717) is 17.1 Å². The van der Waals surface area contributed by atoms with Gasteiger partial charge in [0.25, 0.3) is 0 Å². The number of carboxylic acids is 1. The lowest BCUT2D eigenvalue weighted by Gasteiger charge is -2.08. The fraction of sp³-hybridized carbons (Fsp3) is 0.0588. The van der Waals surface area contributed by atoms with Crippen LogP contribution in [0, 0.1) is 0 Å². The molecule has 3 aromatic rings. The van der Waals surface area contributed by atoms with Crippen LogP contribution < -0.4 is 5.32 Å². The first-order valence-electron chi connectivity index (χ1n) is 7.11. The first-order valence-corrected chi connectivity index (χ1v) is 7.11. The molecule has 2 N–H and O–H groups in total. The molecule has 0 aliphatic carbocycles. The molecule has 1 heterocycles. The van der Waals surface area contributed by atoms with Gasteiger partial charge in [0, 0.05) is 11.3 Å². The summed E-state index contributed by atoms with van der Waals surface area (Å²) in [7, 11) is 0. The van der Waals surface area contributed by atoms with Crippen molar-refractivity contribution in [3.8, 4) is 11.5 Å². The molecule has 0 aliphatic rings. The summed E-state index contributed by atoms with van der Waals surface area (Å²) >= 11 is 0. The van der Waals surface area contributed by atoms with Crippen molar-refractivity contribution in [1.29, 1.82) is 0 Å². The number of nitrogens with one attached hydrogen (secondary N) is 1. The highest BCUT2D eigenvalue weighted by atomic mass is 16.4. The minimum atomic E-state index is -1.05. The zero-order valence-corrected chi connectivity index (χ0v) is 12.5. The lowest BCUT2D eigenvalue weighted by Crippen LogP contribution is -2.16. The van der Waals surface area contributed by atoms with Crippen molar-refractivity contribution in [2.45, 2.75) is 6.42 Å². The molecule has 0 saturated heterocycles. The first kappa shape index (κ1) is 15.4. The Hall–Kier alpha value is -3.48. The zero-order chi connectivity index (χ0) is 16.9. The van der Waals surface area contributed by atoms with Crippen LogP contribution >= 0.6 is 0 Å². The van der Waals surface area contributed by atoms with Crippen LogP contribution in [-0.4, -0.2) is 27.2 Å². The summed E-state index contributed by atoms with van der Waals surface area (Å²) < 4.78 is 5.09. The van der Waals surface area contributed by atoms with E-state index < -0.39 is 5.97 Å². The van der Waals surface area contributed by atoms with Gasteiger partial charge in [0.15, 0.2) is 0 Å². The van der Waals surface area contributed by atoms with Crippen molar-refractivity contribution >= 4 is 17.6 Å². The van der Waals surface area contributed by atoms with Crippen molar-refractivity contribution in [1.82, 2.24) is 10.2 Å². The van der Waals surface area contributed by atoms with Gasteiger partial charge in [0.1, 0.15) is 0 Å². The maximum absolute atomic E-state index is 12.1. The maximum atomic E-state index is 12.1. The average molecular weight is 323 g/mol. The van der Waals surface area contributed by atoms with E-state index in [2.05, 4.69) is 15.5 Å².